The third-order valence-corrected chi connectivity index (χ3v) is 4.26. The molecule has 1 aromatic rings. The van der Waals surface area contributed by atoms with E-state index in [-0.39, 0.29) is 16.8 Å². The Bertz CT molecular complexity index is 525. The topological polar surface area (TPSA) is 54.5 Å². The number of benzene rings is 1. The van der Waals surface area contributed by atoms with Gasteiger partial charge in [-0.25, -0.2) is 8.42 Å². The second-order valence-corrected chi connectivity index (χ2v) is 6.83. The Morgan fingerprint density at radius 2 is 1.83 bits per heavy atom. The fraction of sp³-hybridized carbons (Fsp3) is 0.417. The fourth-order valence-corrected chi connectivity index (χ4v) is 2.35. The van der Waals surface area contributed by atoms with Gasteiger partial charge in [0.05, 0.1) is 4.90 Å². The normalized spacial score (nSPS) is 13.1. The lowest BCUT2D eigenvalue weighted by atomic mass is 10.1. The van der Waals surface area contributed by atoms with Crippen molar-refractivity contribution in [3.8, 4) is 0 Å². The first-order valence-corrected chi connectivity index (χ1v) is 7.79. The molecule has 0 spiro atoms. The molecule has 0 fully saturated rings. The summed E-state index contributed by atoms with van der Waals surface area (Å²) >= 11 is 0. The molecule has 0 radical (unpaired) electrons. The summed E-state index contributed by atoms with van der Waals surface area (Å²) in [6.07, 6.45) is 0.665. The molecule has 18 heavy (non-hydrogen) atoms. The van der Waals surface area contributed by atoms with Crippen LogP contribution in [0.5, 0.6) is 0 Å². The molecule has 0 aliphatic carbocycles. The number of carbonyl (C=O) groups excluding carboxylic acids is 1. The van der Waals surface area contributed by atoms with E-state index in [2.05, 4.69) is 0 Å². The zero-order valence-corrected chi connectivity index (χ0v) is 12.1. The maximum atomic E-state index is 11.2. The molecule has 0 N–H and O–H groups in total. The molecule has 4 nitrogen and oxygen atoms in total. The van der Waals surface area contributed by atoms with E-state index in [1.165, 1.54) is 19.1 Å². The van der Waals surface area contributed by atoms with E-state index in [0.717, 1.165) is 5.56 Å². The predicted molar refractivity (Wildman–Crippen MR) is 71.1 cm³/mol. The molecule has 0 bridgehead atoms. The molecule has 1 atom stereocenters. The predicted octanol–water partition coefficient (Wildman–Crippen LogP) is 2.02. The minimum Gasteiger partial charge on any atom is -0.343 e. The van der Waals surface area contributed by atoms with Gasteiger partial charge < -0.3 is 4.90 Å². The van der Waals surface area contributed by atoms with Crippen LogP contribution in [0.1, 0.15) is 19.4 Å². The van der Waals surface area contributed by atoms with Gasteiger partial charge in [0.2, 0.25) is 5.91 Å². The zero-order valence-electron chi connectivity index (χ0n) is 10.6. The average molecular weight is 290 g/mol. The minimum atomic E-state index is -3.67. The number of carbonyl (C=O) groups is 1. The van der Waals surface area contributed by atoms with Crippen molar-refractivity contribution in [1.29, 1.82) is 0 Å². The molecule has 0 saturated carbocycles. The summed E-state index contributed by atoms with van der Waals surface area (Å²) in [6, 6.07) is 6.41. The van der Waals surface area contributed by atoms with E-state index in [4.69, 9.17) is 10.7 Å². The molecular formula is C12H16ClNO3S. The Morgan fingerprint density at radius 1 is 1.33 bits per heavy atom. The van der Waals surface area contributed by atoms with Crippen LogP contribution in [0.25, 0.3) is 0 Å². The van der Waals surface area contributed by atoms with Gasteiger partial charge in [0, 0.05) is 30.7 Å². The van der Waals surface area contributed by atoms with Crippen LogP contribution in [0.4, 0.5) is 0 Å². The van der Waals surface area contributed by atoms with Crippen molar-refractivity contribution in [2.45, 2.75) is 31.2 Å². The number of hydrogen-bond acceptors (Lipinski definition) is 3. The molecule has 1 unspecified atom stereocenters. The molecule has 100 valence electrons. The van der Waals surface area contributed by atoms with Crippen LogP contribution in [0.2, 0.25) is 0 Å². The van der Waals surface area contributed by atoms with Crippen LogP contribution in [-0.4, -0.2) is 32.3 Å². The van der Waals surface area contributed by atoms with Crippen LogP contribution in [0, 0.1) is 0 Å². The van der Waals surface area contributed by atoms with Crippen LogP contribution >= 0.6 is 10.7 Å². The van der Waals surface area contributed by atoms with Crippen LogP contribution in [0.15, 0.2) is 29.2 Å². The average Bonchev–Trinajstić information content (AvgIpc) is 2.27. The summed E-state index contributed by atoms with van der Waals surface area (Å²) in [5.74, 6) is 0.00227. The van der Waals surface area contributed by atoms with Crippen LogP contribution in [-0.2, 0) is 20.3 Å². The van der Waals surface area contributed by atoms with Gasteiger partial charge in [-0.05, 0) is 31.0 Å². The van der Waals surface area contributed by atoms with E-state index < -0.39 is 9.05 Å². The van der Waals surface area contributed by atoms with Gasteiger partial charge in [-0.2, -0.15) is 0 Å². The lowest BCUT2D eigenvalue weighted by molar-refractivity contribution is -0.129. The lowest BCUT2D eigenvalue weighted by Gasteiger charge is -2.23. The van der Waals surface area contributed by atoms with Crippen LogP contribution < -0.4 is 0 Å². The van der Waals surface area contributed by atoms with E-state index >= 15 is 0 Å². The van der Waals surface area contributed by atoms with Gasteiger partial charge in [0.1, 0.15) is 0 Å². The Balaban J connectivity index is 2.79. The number of nitrogens with zero attached hydrogens (tertiary/aromatic N) is 1. The first-order valence-electron chi connectivity index (χ1n) is 5.49. The zero-order chi connectivity index (χ0) is 13.9. The second kappa shape index (κ2) is 5.71. The second-order valence-electron chi connectivity index (χ2n) is 4.26. The fourth-order valence-electron chi connectivity index (χ4n) is 1.58. The van der Waals surface area contributed by atoms with Crippen molar-refractivity contribution in [1.82, 2.24) is 4.90 Å². The summed E-state index contributed by atoms with van der Waals surface area (Å²) in [5.41, 5.74) is 0.958. The third kappa shape index (κ3) is 3.99. The molecule has 0 aliphatic heterocycles. The molecule has 0 saturated heterocycles. The number of amides is 1. The van der Waals surface area contributed by atoms with Gasteiger partial charge >= 0.3 is 0 Å². The Kier molecular flexibility index (Phi) is 4.76. The monoisotopic (exact) mass is 289 g/mol. The molecule has 1 rings (SSSR count). The molecule has 0 aromatic heterocycles. The Morgan fingerprint density at radius 3 is 2.22 bits per heavy atom. The standard InChI is InChI=1S/C12H16ClNO3S/c1-9(14(3)10(2)15)8-11-4-6-12(7-5-11)18(13,16)17/h4-7,9H,8H2,1-3H3. The largest absolute Gasteiger partial charge is 0.343 e. The third-order valence-electron chi connectivity index (χ3n) is 2.89. The number of halogens is 1. The Hall–Kier alpha value is -1.07. The number of likely N-dealkylation sites (N-methyl/N-ethyl adjacent to an activating group) is 1. The molecule has 0 heterocycles. The van der Waals surface area contributed by atoms with Crippen molar-refractivity contribution >= 4 is 25.6 Å². The summed E-state index contributed by atoms with van der Waals surface area (Å²) in [7, 11) is 3.30. The first-order chi connectivity index (χ1) is 8.21. The molecule has 1 amide bonds. The number of rotatable bonds is 4. The summed E-state index contributed by atoms with van der Waals surface area (Å²) in [4.78, 5) is 12.9. The van der Waals surface area contributed by atoms with E-state index in [1.54, 1.807) is 24.1 Å². The minimum absolute atomic E-state index is 0.00227. The van der Waals surface area contributed by atoms with E-state index in [1.807, 2.05) is 6.92 Å². The summed E-state index contributed by atoms with van der Waals surface area (Å²) < 4.78 is 22.2. The summed E-state index contributed by atoms with van der Waals surface area (Å²) in [6.45, 7) is 3.45. The van der Waals surface area contributed by atoms with Gasteiger partial charge in [-0.1, -0.05) is 12.1 Å². The van der Waals surface area contributed by atoms with Crippen LogP contribution in [0.3, 0.4) is 0 Å². The number of hydrogen-bond donors (Lipinski definition) is 0. The molecule has 6 heteroatoms. The van der Waals surface area contributed by atoms with Crippen molar-refractivity contribution in [3.05, 3.63) is 29.8 Å². The van der Waals surface area contributed by atoms with E-state index in [9.17, 15) is 13.2 Å². The van der Waals surface area contributed by atoms with Gasteiger partial charge in [-0.15, -0.1) is 0 Å². The SMILES string of the molecule is CC(=O)N(C)C(C)Cc1ccc(S(=O)(=O)Cl)cc1. The van der Waals surface area contributed by atoms with Gasteiger partial charge in [0.25, 0.3) is 9.05 Å². The van der Waals surface area contributed by atoms with Gasteiger partial charge in [-0.3, -0.25) is 4.79 Å². The molecule has 1 aromatic carbocycles. The smallest absolute Gasteiger partial charge is 0.261 e. The lowest BCUT2D eigenvalue weighted by Crippen LogP contribution is -2.34. The first kappa shape index (κ1) is 15.0. The highest BCUT2D eigenvalue weighted by atomic mass is 35.7. The quantitative estimate of drug-likeness (QED) is 0.797. The molecule has 0 aliphatic rings. The van der Waals surface area contributed by atoms with Crippen molar-refractivity contribution < 1.29 is 13.2 Å². The Labute approximate surface area is 112 Å². The van der Waals surface area contributed by atoms with Crippen molar-refractivity contribution in [3.63, 3.8) is 0 Å². The maximum Gasteiger partial charge on any atom is 0.261 e. The summed E-state index contributed by atoms with van der Waals surface area (Å²) in [5, 5.41) is 0. The van der Waals surface area contributed by atoms with E-state index in [0.29, 0.717) is 6.42 Å². The highest BCUT2D eigenvalue weighted by Gasteiger charge is 2.13. The highest BCUT2D eigenvalue weighted by Crippen LogP contribution is 2.16. The highest BCUT2D eigenvalue weighted by molar-refractivity contribution is 8.13. The molecular weight excluding hydrogens is 274 g/mol. The van der Waals surface area contributed by atoms with Gasteiger partial charge in [0.15, 0.2) is 0 Å². The van der Waals surface area contributed by atoms with Crippen molar-refractivity contribution in [2.75, 3.05) is 7.05 Å². The maximum absolute atomic E-state index is 11.2. The van der Waals surface area contributed by atoms with Crippen molar-refractivity contribution in [2.24, 2.45) is 0 Å².